The number of halogens is 1. The largest absolute Gasteiger partial charge is 0.478 e. The van der Waals surface area contributed by atoms with Crippen LogP contribution in [0.1, 0.15) is 15.9 Å². The van der Waals surface area contributed by atoms with Crippen LogP contribution in [0.15, 0.2) is 36.5 Å². The molecule has 0 aliphatic carbocycles. The minimum atomic E-state index is -1.30. The van der Waals surface area contributed by atoms with Crippen molar-refractivity contribution in [3.8, 4) is 0 Å². The highest BCUT2D eigenvalue weighted by molar-refractivity contribution is 5.93. The quantitative estimate of drug-likeness (QED) is 0.647. The van der Waals surface area contributed by atoms with Crippen LogP contribution in [-0.4, -0.2) is 21.0 Å². The number of aromatic nitrogens is 1. The molecule has 2 rings (SSSR count). The molecule has 0 unspecified atom stereocenters. The van der Waals surface area contributed by atoms with Gasteiger partial charge in [0.2, 0.25) is 0 Å². The van der Waals surface area contributed by atoms with E-state index < -0.39 is 16.7 Å². The fraction of sp³-hybridized carbons (Fsp3) is 0.0769. The summed E-state index contributed by atoms with van der Waals surface area (Å²) in [4.78, 5) is 24.7. The van der Waals surface area contributed by atoms with Crippen LogP contribution in [0.2, 0.25) is 0 Å². The Labute approximate surface area is 118 Å². The van der Waals surface area contributed by atoms with Crippen LogP contribution in [0.5, 0.6) is 0 Å². The third-order valence-electron chi connectivity index (χ3n) is 2.69. The predicted octanol–water partition coefficient (Wildman–Crippen LogP) is 2.44. The van der Waals surface area contributed by atoms with Crippen LogP contribution >= 0.6 is 0 Å². The van der Waals surface area contributed by atoms with Gasteiger partial charge in [0.25, 0.3) is 5.69 Å². The summed E-state index contributed by atoms with van der Waals surface area (Å²) in [5.74, 6) is -2.01. The second-order valence-corrected chi connectivity index (χ2v) is 4.13. The van der Waals surface area contributed by atoms with Gasteiger partial charge in [-0.2, -0.15) is 0 Å². The molecule has 0 atom stereocenters. The molecule has 0 bridgehead atoms. The number of anilines is 1. The number of benzene rings is 1. The number of nitrogens with zero attached hydrogens (tertiary/aromatic N) is 2. The number of hydrogen-bond donors (Lipinski definition) is 2. The maximum atomic E-state index is 13.0. The van der Waals surface area contributed by atoms with Crippen molar-refractivity contribution in [3.63, 3.8) is 0 Å². The number of rotatable bonds is 5. The van der Waals surface area contributed by atoms with Gasteiger partial charge in [-0.05, 0) is 11.6 Å². The molecule has 0 spiro atoms. The SMILES string of the molecule is O=C(O)c1cc(F)cnc1NCc1ccc([N+](=O)[O-])cc1. The van der Waals surface area contributed by atoms with Gasteiger partial charge in [0.15, 0.2) is 0 Å². The van der Waals surface area contributed by atoms with Crippen LogP contribution in [0.4, 0.5) is 15.9 Å². The number of carbonyl (C=O) groups is 1. The van der Waals surface area contributed by atoms with Crippen molar-refractivity contribution < 1.29 is 19.2 Å². The Kier molecular flexibility index (Phi) is 4.07. The highest BCUT2D eigenvalue weighted by atomic mass is 19.1. The Morgan fingerprint density at radius 2 is 2.05 bits per heavy atom. The van der Waals surface area contributed by atoms with E-state index in [1.807, 2.05) is 0 Å². The van der Waals surface area contributed by atoms with Crippen molar-refractivity contribution in [1.29, 1.82) is 0 Å². The first-order valence-corrected chi connectivity index (χ1v) is 5.83. The van der Waals surface area contributed by atoms with E-state index >= 15 is 0 Å². The number of pyridine rings is 1. The zero-order valence-electron chi connectivity index (χ0n) is 10.6. The van der Waals surface area contributed by atoms with E-state index in [4.69, 9.17) is 5.11 Å². The van der Waals surface area contributed by atoms with E-state index in [0.717, 1.165) is 12.3 Å². The lowest BCUT2D eigenvalue weighted by atomic mass is 10.2. The summed E-state index contributed by atoms with van der Waals surface area (Å²) >= 11 is 0. The van der Waals surface area contributed by atoms with Gasteiger partial charge in [-0.1, -0.05) is 12.1 Å². The first kappa shape index (κ1) is 14.4. The molecule has 21 heavy (non-hydrogen) atoms. The molecular formula is C13H10FN3O4. The molecule has 0 amide bonds. The van der Waals surface area contributed by atoms with Gasteiger partial charge in [0.1, 0.15) is 17.2 Å². The first-order valence-electron chi connectivity index (χ1n) is 5.83. The highest BCUT2D eigenvalue weighted by Crippen LogP contribution is 2.16. The van der Waals surface area contributed by atoms with Crippen molar-refractivity contribution in [2.75, 3.05) is 5.32 Å². The second kappa shape index (κ2) is 5.95. The van der Waals surface area contributed by atoms with Gasteiger partial charge < -0.3 is 10.4 Å². The summed E-state index contributed by atoms with van der Waals surface area (Å²) in [6.07, 6.45) is 0.907. The van der Waals surface area contributed by atoms with Gasteiger partial charge in [-0.15, -0.1) is 0 Å². The van der Waals surface area contributed by atoms with Crippen LogP contribution < -0.4 is 5.32 Å². The molecule has 0 aliphatic rings. The second-order valence-electron chi connectivity index (χ2n) is 4.13. The zero-order chi connectivity index (χ0) is 15.4. The molecule has 2 aromatic rings. The number of carboxylic acids is 1. The van der Waals surface area contributed by atoms with E-state index in [9.17, 15) is 19.3 Å². The van der Waals surface area contributed by atoms with E-state index in [1.54, 1.807) is 0 Å². The lowest BCUT2D eigenvalue weighted by Crippen LogP contribution is -2.09. The molecule has 0 radical (unpaired) electrons. The van der Waals surface area contributed by atoms with E-state index in [0.29, 0.717) is 5.56 Å². The minimum absolute atomic E-state index is 0.0299. The maximum absolute atomic E-state index is 13.0. The van der Waals surface area contributed by atoms with Crippen LogP contribution in [-0.2, 0) is 6.54 Å². The lowest BCUT2D eigenvalue weighted by Gasteiger charge is -2.08. The van der Waals surface area contributed by atoms with Gasteiger partial charge in [-0.3, -0.25) is 10.1 Å². The summed E-state index contributed by atoms with van der Waals surface area (Å²) in [6, 6.07) is 6.62. The fourth-order valence-electron chi connectivity index (χ4n) is 1.66. The number of nitrogens with one attached hydrogen (secondary N) is 1. The Hall–Kier alpha value is -3.03. The van der Waals surface area contributed by atoms with Gasteiger partial charge in [0, 0.05) is 18.7 Å². The summed E-state index contributed by atoms with van der Waals surface area (Å²) < 4.78 is 13.0. The third-order valence-corrected chi connectivity index (χ3v) is 2.69. The third kappa shape index (κ3) is 3.50. The Bertz CT molecular complexity index is 688. The molecule has 0 fully saturated rings. The molecule has 8 heteroatoms. The molecule has 1 aromatic heterocycles. The minimum Gasteiger partial charge on any atom is -0.478 e. The molecule has 108 valence electrons. The Morgan fingerprint density at radius 3 is 2.62 bits per heavy atom. The van der Waals surface area contributed by atoms with Crippen molar-refractivity contribution in [2.45, 2.75) is 6.54 Å². The maximum Gasteiger partial charge on any atom is 0.339 e. The number of non-ortho nitro benzene ring substituents is 1. The molecule has 1 aromatic carbocycles. The van der Waals surface area contributed by atoms with Crippen molar-refractivity contribution in [2.24, 2.45) is 0 Å². The van der Waals surface area contributed by atoms with Crippen LogP contribution in [0.3, 0.4) is 0 Å². The molecule has 7 nitrogen and oxygen atoms in total. The average Bonchev–Trinajstić information content (AvgIpc) is 2.46. The molecule has 0 saturated heterocycles. The Morgan fingerprint density at radius 1 is 1.38 bits per heavy atom. The van der Waals surface area contributed by atoms with E-state index in [2.05, 4.69) is 10.3 Å². The van der Waals surface area contributed by atoms with E-state index in [1.165, 1.54) is 24.3 Å². The van der Waals surface area contributed by atoms with Crippen molar-refractivity contribution in [3.05, 3.63) is 63.6 Å². The summed E-state index contributed by atoms with van der Waals surface area (Å²) in [5, 5.41) is 22.2. The number of aromatic carboxylic acids is 1. The molecule has 0 aliphatic heterocycles. The molecular weight excluding hydrogens is 281 g/mol. The van der Waals surface area contributed by atoms with Gasteiger partial charge in [-0.25, -0.2) is 14.2 Å². The van der Waals surface area contributed by atoms with Crippen LogP contribution in [0.25, 0.3) is 0 Å². The molecule has 1 heterocycles. The highest BCUT2D eigenvalue weighted by Gasteiger charge is 2.12. The fourth-order valence-corrected chi connectivity index (χ4v) is 1.66. The number of carboxylic acid groups (broad SMARTS) is 1. The van der Waals surface area contributed by atoms with Crippen LogP contribution in [0, 0.1) is 15.9 Å². The number of nitro benzene ring substituents is 1. The van der Waals surface area contributed by atoms with Crippen molar-refractivity contribution in [1.82, 2.24) is 4.98 Å². The predicted molar refractivity (Wildman–Crippen MR) is 71.6 cm³/mol. The normalized spacial score (nSPS) is 10.1. The Balaban J connectivity index is 2.13. The van der Waals surface area contributed by atoms with E-state index in [-0.39, 0.29) is 23.6 Å². The molecule has 0 saturated carbocycles. The topological polar surface area (TPSA) is 105 Å². The lowest BCUT2D eigenvalue weighted by molar-refractivity contribution is -0.384. The van der Waals surface area contributed by atoms with Crippen molar-refractivity contribution >= 4 is 17.5 Å². The zero-order valence-corrected chi connectivity index (χ0v) is 10.6. The standard InChI is InChI=1S/C13H10FN3O4/c14-9-5-11(13(18)19)12(16-7-9)15-6-8-1-3-10(4-2-8)17(20)21/h1-5,7H,6H2,(H,15,16)(H,18,19). The summed E-state index contributed by atoms with van der Waals surface area (Å²) in [5.41, 5.74) is 0.379. The molecule has 2 N–H and O–H groups in total. The average molecular weight is 291 g/mol. The smallest absolute Gasteiger partial charge is 0.339 e. The van der Waals surface area contributed by atoms with Gasteiger partial charge in [0.05, 0.1) is 11.1 Å². The monoisotopic (exact) mass is 291 g/mol. The number of hydrogen-bond acceptors (Lipinski definition) is 5. The summed E-state index contributed by atoms with van der Waals surface area (Å²) in [7, 11) is 0. The van der Waals surface area contributed by atoms with Gasteiger partial charge >= 0.3 is 5.97 Å². The first-order chi connectivity index (χ1) is 9.97. The summed E-state index contributed by atoms with van der Waals surface area (Å²) in [6.45, 7) is 0.205. The number of nitro groups is 1.